The molecule has 1 N–H and O–H groups in total. The number of nitrogens with one attached hydrogen (secondary N) is 1. The van der Waals surface area contributed by atoms with Crippen molar-refractivity contribution in [3.8, 4) is 0 Å². The van der Waals surface area contributed by atoms with Crippen LogP contribution in [0, 0.1) is 0 Å². The standard InChI is InChI=1S/C15H21IN2O3/c1-10(19)7-13(11-5-3-2-4-6-11)17-15(21)14-8-12(20)9-18(14)16/h14H,2-9H2,1H3,(H,17,21)/t14-/m0/s1. The lowest BCUT2D eigenvalue weighted by Gasteiger charge is -2.22. The number of Topliss-reactive ketones (excluding diaryl/α,β-unsaturated/α-hetero) is 2. The van der Waals surface area contributed by atoms with Crippen LogP contribution in [0.1, 0.15) is 51.9 Å². The van der Waals surface area contributed by atoms with Crippen molar-refractivity contribution in [1.82, 2.24) is 8.43 Å². The third-order valence-electron chi connectivity index (χ3n) is 3.97. The highest BCUT2D eigenvalue weighted by atomic mass is 127. The first-order valence-electron chi connectivity index (χ1n) is 7.42. The molecule has 0 aromatic heterocycles. The Morgan fingerprint density at radius 1 is 1.29 bits per heavy atom. The number of ketones is 2. The van der Waals surface area contributed by atoms with Crippen molar-refractivity contribution in [1.29, 1.82) is 0 Å². The van der Waals surface area contributed by atoms with Crippen LogP contribution in [0.3, 0.4) is 0 Å². The van der Waals surface area contributed by atoms with Gasteiger partial charge in [-0.1, -0.05) is 12.0 Å². The normalized spacial score (nSPS) is 23.2. The van der Waals surface area contributed by atoms with Gasteiger partial charge >= 0.3 is 0 Å². The van der Waals surface area contributed by atoms with Crippen molar-refractivity contribution < 1.29 is 14.4 Å². The molecule has 1 amide bonds. The lowest BCUT2D eigenvalue weighted by molar-refractivity contribution is -0.124. The second-order valence-electron chi connectivity index (χ2n) is 5.83. The van der Waals surface area contributed by atoms with E-state index in [0.29, 0.717) is 6.54 Å². The summed E-state index contributed by atoms with van der Waals surface area (Å²) in [5, 5.41) is 2.93. The fourth-order valence-electron chi connectivity index (χ4n) is 2.90. The van der Waals surface area contributed by atoms with Crippen LogP contribution in [-0.4, -0.2) is 33.2 Å². The largest absolute Gasteiger partial charge is 0.328 e. The van der Waals surface area contributed by atoms with E-state index in [-0.39, 0.29) is 30.3 Å². The number of amides is 1. The molecule has 0 radical (unpaired) electrons. The average Bonchev–Trinajstić information content (AvgIpc) is 2.77. The molecule has 1 aliphatic carbocycles. The van der Waals surface area contributed by atoms with Crippen LogP contribution in [0.25, 0.3) is 0 Å². The van der Waals surface area contributed by atoms with Crippen LogP contribution in [-0.2, 0) is 14.4 Å². The molecule has 0 unspecified atom stereocenters. The number of carbonyl (C=O) groups is 3. The molecule has 2 aliphatic rings. The molecule has 2 fully saturated rings. The molecule has 1 saturated carbocycles. The molecular formula is C15H21IN2O3. The van der Waals surface area contributed by atoms with E-state index in [1.165, 1.54) is 12.0 Å². The molecule has 0 bridgehead atoms. The molecule has 1 heterocycles. The summed E-state index contributed by atoms with van der Waals surface area (Å²) in [6.45, 7) is 1.86. The van der Waals surface area contributed by atoms with Gasteiger partial charge < -0.3 is 5.32 Å². The average molecular weight is 404 g/mol. The zero-order valence-electron chi connectivity index (χ0n) is 12.3. The van der Waals surface area contributed by atoms with Gasteiger partial charge in [-0.05, 0) is 32.6 Å². The van der Waals surface area contributed by atoms with Crippen LogP contribution >= 0.6 is 22.9 Å². The molecule has 116 valence electrons. The molecule has 2 rings (SSSR count). The van der Waals surface area contributed by atoms with E-state index in [4.69, 9.17) is 0 Å². The number of hydrogen-bond acceptors (Lipinski definition) is 4. The van der Waals surface area contributed by atoms with Gasteiger partial charge in [-0.15, -0.1) is 0 Å². The van der Waals surface area contributed by atoms with Crippen molar-refractivity contribution >= 4 is 40.3 Å². The summed E-state index contributed by atoms with van der Waals surface area (Å²) >= 11 is 2.02. The minimum atomic E-state index is -0.413. The van der Waals surface area contributed by atoms with Crippen molar-refractivity contribution in [2.75, 3.05) is 6.54 Å². The number of hydrogen-bond donors (Lipinski definition) is 1. The van der Waals surface area contributed by atoms with Gasteiger partial charge in [-0.3, -0.25) is 14.4 Å². The molecule has 1 atom stereocenters. The lowest BCUT2D eigenvalue weighted by Crippen LogP contribution is -2.39. The van der Waals surface area contributed by atoms with Gasteiger partial charge in [0.2, 0.25) is 5.91 Å². The third kappa shape index (κ3) is 4.60. The molecule has 0 spiro atoms. The Kier molecular flexibility index (Phi) is 5.92. The Hall–Kier alpha value is -0.760. The summed E-state index contributed by atoms with van der Waals surface area (Å²) in [7, 11) is 0. The van der Waals surface area contributed by atoms with E-state index in [1.54, 1.807) is 10.0 Å². The van der Waals surface area contributed by atoms with E-state index in [0.717, 1.165) is 31.4 Å². The Morgan fingerprint density at radius 2 is 1.95 bits per heavy atom. The van der Waals surface area contributed by atoms with Gasteiger partial charge in [0.1, 0.15) is 17.6 Å². The highest BCUT2D eigenvalue weighted by Gasteiger charge is 2.35. The SMILES string of the molecule is CC(=O)CC(NC(=O)[C@@H]1CC(=O)CN1I)=C1CCCCC1. The van der Waals surface area contributed by atoms with Gasteiger partial charge in [0.25, 0.3) is 0 Å². The topological polar surface area (TPSA) is 66.5 Å². The van der Waals surface area contributed by atoms with Crippen LogP contribution in [0.15, 0.2) is 11.3 Å². The molecule has 1 aliphatic heterocycles. The maximum absolute atomic E-state index is 12.4. The molecule has 0 aromatic rings. The summed E-state index contributed by atoms with van der Waals surface area (Å²) in [6, 6.07) is -0.413. The number of allylic oxidation sites excluding steroid dienone is 2. The molecule has 6 heteroatoms. The van der Waals surface area contributed by atoms with Gasteiger partial charge in [-0.2, -0.15) is 0 Å². The van der Waals surface area contributed by atoms with Gasteiger partial charge in [0.05, 0.1) is 6.54 Å². The van der Waals surface area contributed by atoms with E-state index in [2.05, 4.69) is 5.32 Å². The van der Waals surface area contributed by atoms with Crippen LogP contribution < -0.4 is 5.32 Å². The quantitative estimate of drug-likeness (QED) is 0.577. The van der Waals surface area contributed by atoms with E-state index in [9.17, 15) is 14.4 Å². The van der Waals surface area contributed by atoms with Crippen LogP contribution in [0.2, 0.25) is 0 Å². The number of rotatable bonds is 4. The van der Waals surface area contributed by atoms with Gasteiger partial charge in [-0.25, -0.2) is 3.11 Å². The molecular weight excluding hydrogens is 383 g/mol. The molecule has 5 nitrogen and oxygen atoms in total. The summed E-state index contributed by atoms with van der Waals surface area (Å²) in [5.41, 5.74) is 1.98. The molecule has 21 heavy (non-hydrogen) atoms. The number of halogens is 1. The number of carbonyl (C=O) groups excluding carboxylic acids is 3. The fraction of sp³-hybridized carbons (Fsp3) is 0.667. The summed E-state index contributed by atoms with van der Waals surface area (Å²) in [6.07, 6.45) is 5.91. The highest BCUT2D eigenvalue weighted by Crippen LogP contribution is 2.27. The maximum Gasteiger partial charge on any atom is 0.242 e. The zero-order chi connectivity index (χ0) is 15.4. The number of nitrogens with zero attached hydrogens (tertiary/aromatic N) is 1. The van der Waals surface area contributed by atoms with Crippen LogP contribution in [0.5, 0.6) is 0 Å². The first-order chi connectivity index (χ1) is 9.97. The van der Waals surface area contributed by atoms with Gasteiger partial charge in [0.15, 0.2) is 0 Å². The van der Waals surface area contributed by atoms with Crippen molar-refractivity contribution in [2.24, 2.45) is 0 Å². The second-order valence-corrected chi connectivity index (χ2v) is 7.07. The maximum atomic E-state index is 12.4. The first-order valence-corrected chi connectivity index (χ1v) is 8.39. The first kappa shape index (κ1) is 16.6. The van der Waals surface area contributed by atoms with E-state index >= 15 is 0 Å². The second kappa shape index (κ2) is 7.49. The van der Waals surface area contributed by atoms with Crippen LogP contribution in [0.4, 0.5) is 0 Å². The Morgan fingerprint density at radius 3 is 2.48 bits per heavy atom. The Balaban J connectivity index is 2.09. The monoisotopic (exact) mass is 404 g/mol. The van der Waals surface area contributed by atoms with E-state index < -0.39 is 6.04 Å². The highest BCUT2D eigenvalue weighted by molar-refractivity contribution is 14.1. The van der Waals surface area contributed by atoms with Crippen molar-refractivity contribution in [3.05, 3.63) is 11.3 Å². The fourth-order valence-corrected chi connectivity index (χ4v) is 3.73. The molecule has 1 saturated heterocycles. The predicted molar refractivity (Wildman–Crippen MR) is 87.7 cm³/mol. The summed E-state index contributed by atoms with van der Waals surface area (Å²) < 4.78 is 1.74. The zero-order valence-corrected chi connectivity index (χ0v) is 14.4. The molecule has 0 aromatic carbocycles. The minimum absolute atomic E-state index is 0.0530. The summed E-state index contributed by atoms with van der Waals surface area (Å²) in [4.78, 5) is 35.3. The Labute approximate surface area is 139 Å². The lowest BCUT2D eigenvalue weighted by atomic mass is 9.92. The minimum Gasteiger partial charge on any atom is -0.328 e. The Bertz CT molecular complexity index is 479. The van der Waals surface area contributed by atoms with E-state index in [1.807, 2.05) is 22.9 Å². The predicted octanol–water partition coefficient (Wildman–Crippen LogP) is 2.29. The van der Waals surface area contributed by atoms with Crippen molar-refractivity contribution in [3.63, 3.8) is 0 Å². The third-order valence-corrected chi connectivity index (χ3v) is 4.99. The smallest absolute Gasteiger partial charge is 0.242 e. The summed E-state index contributed by atoms with van der Waals surface area (Å²) in [5.74, 6) is -0.0234. The van der Waals surface area contributed by atoms with Crippen molar-refractivity contribution in [2.45, 2.75) is 57.9 Å². The van der Waals surface area contributed by atoms with Gasteiger partial charge in [0, 0.05) is 41.4 Å².